The highest BCUT2D eigenvalue weighted by molar-refractivity contribution is 6.62. The lowest BCUT2D eigenvalue weighted by Crippen LogP contribution is -2.41. The number of pyridine rings is 2. The van der Waals surface area contributed by atoms with Gasteiger partial charge in [-0.3, -0.25) is 9.97 Å². The van der Waals surface area contributed by atoms with E-state index in [2.05, 4.69) is 309 Å². The Morgan fingerprint density at radius 1 is 0.309 bits per heavy atom. The highest BCUT2D eigenvalue weighted by Gasteiger charge is 2.52. The molecule has 0 spiro atoms. The van der Waals surface area contributed by atoms with Crippen LogP contribution in [-0.4, -0.2) is 66.5 Å². The molecule has 1 aliphatic rings. The molecule has 14 heteroatoms. The molecule has 0 saturated carbocycles. The zero-order valence-electron chi connectivity index (χ0n) is 60.7. The lowest BCUT2D eigenvalue weighted by Gasteiger charge is -2.32. The van der Waals surface area contributed by atoms with Gasteiger partial charge in [-0.25, -0.2) is 19.9 Å². The van der Waals surface area contributed by atoms with Gasteiger partial charge in [0.05, 0.1) is 78.1 Å². The fourth-order valence-electron chi connectivity index (χ4n) is 15.3. The fraction of sp³-hybridized carbons (Fsp3) is 0.0625. The minimum atomic E-state index is -0.396. The molecule has 0 amide bonds. The predicted molar refractivity (Wildman–Crippen MR) is 451 cm³/mol. The van der Waals surface area contributed by atoms with Gasteiger partial charge in [0.2, 0.25) is 5.28 Å². The molecule has 0 atom stereocenters. The molecule has 0 bridgehead atoms. The maximum absolute atomic E-state index is 6.39. The molecule has 1 aliphatic heterocycles. The van der Waals surface area contributed by atoms with Crippen LogP contribution < -0.4 is 5.46 Å². The van der Waals surface area contributed by atoms with E-state index in [1.165, 1.54) is 49.0 Å². The van der Waals surface area contributed by atoms with Crippen molar-refractivity contribution in [3.63, 3.8) is 0 Å². The highest BCUT2D eigenvalue weighted by Crippen LogP contribution is 2.42. The van der Waals surface area contributed by atoms with Crippen LogP contribution in [0.25, 0.3) is 166 Å². The van der Waals surface area contributed by atoms with E-state index in [-0.39, 0.29) is 16.5 Å². The van der Waals surface area contributed by atoms with Crippen LogP contribution in [0.1, 0.15) is 27.7 Å². The van der Waals surface area contributed by atoms with Crippen molar-refractivity contribution < 1.29 is 9.31 Å². The number of rotatable bonds is 10. The van der Waals surface area contributed by atoms with E-state index >= 15 is 0 Å². The SMILES string of the molecule is CC1(C)OB(c2ccc3c(c2)c2cc4ccn(-c5ccccc5)c4cc2n3-c2ccccc2)OC1(C)C.Clc1nc(-c2ccc(-c3ccccn3)cc2)c2ccccc2n1.c1ccc(-n2ccc3cc4c5cc(-c6nc(-c7ccc(-c8ccccn8)cc7)c7ccccc7n6)ccc5n(-c5ccccc5)c4cc32)cc1. The third kappa shape index (κ3) is 12.3. The Hall–Kier alpha value is -13.4. The van der Waals surface area contributed by atoms with Crippen molar-refractivity contribution >= 4 is 111 Å². The third-order valence-electron chi connectivity index (χ3n) is 21.5. The molecule has 0 unspecified atom stereocenters. The molecule has 12 nitrogen and oxygen atoms in total. The van der Waals surface area contributed by atoms with Crippen LogP contribution in [0, 0.1) is 0 Å². The zero-order chi connectivity index (χ0) is 74.0. The van der Waals surface area contributed by atoms with Crippen LogP contribution in [0.2, 0.25) is 5.28 Å². The first-order valence-corrected chi connectivity index (χ1v) is 37.3. The molecule has 110 heavy (non-hydrogen) atoms. The summed E-state index contributed by atoms with van der Waals surface area (Å²) in [6.45, 7) is 8.39. The Bertz CT molecular complexity index is 6820. The quantitative estimate of drug-likeness (QED) is 0.0982. The van der Waals surface area contributed by atoms with Crippen molar-refractivity contribution in [3.05, 3.63) is 358 Å². The number of fused-ring (bicyclic) bond motifs is 10. The van der Waals surface area contributed by atoms with E-state index in [1.807, 2.05) is 103 Å². The van der Waals surface area contributed by atoms with E-state index in [4.69, 9.17) is 30.9 Å². The minimum Gasteiger partial charge on any atom is -0.399 e. The van der Waals surface area contributed by atoms with Crippen molar-refractivity contribution in [1.29, 1.82) is 0 Å². The molecule has 0 aliphatic carbocycles. The standard InChI is InChI=1S/C45H29N5.C32H29BN2O2.C19H12ClN3/c1-3-11-34(12-4-1)49-26-24-32-27-38-37-28-33(22-23-41(37)50(43(38)29-42(32)49)35-13-5-2-6-14-35)45-47-40-17-8-7-15-36(40)44(48-45)31-20-18-30(19-21-31)39-16-9-10-25-46-39;1-31(2)32(3,4)37-33(36-31)23-15-16-28-27(20-23)26-19-22-17-18-34(24-11-7-5-8-12-24)29(22)21-30(26)35(28)25-13-9-6-10-14-25;20-19-22-17-7-2-1-5-15(17)18(23-19)14-10-8-13(9-11-14)16-6-3-4-12-21-16/h1-29H;5-21H,1-4H3;1-12H. The molecule has 9 heterocycles. The van der Waals surface area contributed by atoms with Gasteiger partial charge in [0.25, 0.3) is 0 Å². The molecule has 0 N–H and O–H groups in total. The summed E-state index contributed by atoms with van der Waals surface area (Å²) in [6.07, 6.45) is 7.93. The molecule has 0 radical (unpaired) electrons. The van der Waals surface area contributed by atoms with Gasteiger partial charge in [0, 0.05) is 118 Å². The number of benzene rings is 12. The van der Waals surface area contributed by atoms with Crippen LogP contribution in [0.4, 0.5) is 0 Å². The van der Waals surface area contributed by atoms with E-state index in [0.29, 0.717) is 5.82 Å². The summed E-state index contributed by atoms with van der Waals surface area (Å²) in [5, 5.41) is 9.44. The monoisotopic (exact) mass is 1440 g/mol. The smallest absolute Gasteiger partial charge is 0.399 e. The van der Waals surface area contributed by atoms with Crippen molar-refractivity contribution in [3.8, 4) is 79.2 Å². The number of nitrogens with zero attached hydrogens (tertiary/aromatic N) is 10. The van der Waals surface area contributed by atoms with Crippen molar-refractivity contribution in [2.45, 2.75) is 38.9 Å². The molecule has 526 valence electrons. The molecule has 12 aromatic carbocycles. The first-order chi connectivity index (χ1) is 53.9. The van der Waals surface area contributed by atoms with Crippen molar-refractivity contribution in [2.24, 2.45) is 0 Å². The maximum Gasteiger partial charge on any atom is 0.494 e. The third-order valence-corrected chi connectivity index (χ3v) is 21.6. The van der Waals surface area contributed by atoms with Gasteiger partial charge in [-0.15, -0.1) is 0 Å². The summed E-state index contributed by atoms with van der Waals surface area (Å²) in [6, 6.07) is 114. The minimum absolute atomic E-state index is 0.257. The van der Waals surface area contributed by atoms with Gasteiger partial charge in [-0.2, -0.15) is 0 Å². The zero-order valence-corrected chi connectivity index (χ0v) is 61.5. The highest BCUT2D eigenvalue weighted by atomic mass is 35.5. The summed E-state index contributed by atoms with van der Waals surface area (Å²) in [5.74, 6) is 0.700. The topological polar surface area (TPSA) is 116 Å². The first-order valence-electron chi connectivity index (χ1n) is 36.9. The molecule has 1 saturated heterocycles. The van der Waals surface area contributed by atoms with Crippen LogP contribution in [-0.2, 0) is 9.31 Å². The number of para-hydroxylation sites is 6. The largest absolute Gasteiger partial charge is 0.494 e. The summed E-state index contributed by atoms with van der Waals surface area (Å²) in [5.41, 5.74) is 22.4. The predicted octanol–water partition coefficient (Wildman–Crippen LogP) is 23.1. The number of hydrogen-bond acceptors (Lipinski definition) is 8. The number of halogens is 1. The summed E-state index contributed by atoms with van der Waals surface area (Å²) >= 11 is 6.07. The van der Waals surface area contributed by atoms with Crippen LogP contribution in [0.15, 0.2) is 352 Å². The van der Waals surface area contributed by atoms with Crippen LogP contribution in [0.5, 0.6) is 0 Å². The summed E-state index contributed by atoms with van der Waals surface area (Å²) < 4.78 is 22.0. The molecule has 21 rings (SSSR count). The Balaban J connectivity index is 0.000000120. The van der Waals surface area contributed by atoms with Gasteiger partial charge in [-0.05, 0) is 190 Å². The number of hydrogen-bond donors (Lipinski definition) is 0. The molecule has 1 fully saturated rings. The Labute approximate surface area is 640 Å². The fourth-order valence-corrected chi connectivity index (χ4v) is 15.5. The van der Waals surface area contributed by atoms with Gasteiger partial charge in [0.1, 0.15) is 0 Å². The van der Waals surface area contributed by atoms with Crippen LogP contribution >= 0.6 is 11.6 Å². The summed E-state index contributed by atoms with van der Waals surface area (Å²) in [4.78, 5) is 27.9. The molecular weight excluding hydrogens is 1370 g/mol. The van der Waals surface area contributed by atoms with E-state index in [1.54, 1.807) is 6.20 Å². The second-order valence-corrected chi connectivity index (χ2v) is 29.0. The lowest BCUT2D eigenvalue weighted by molar-refractivity contribution is 0.00578. The van der Waals surface area contributed by atoms with Crippen LogP contribution in [0.3, 0.4) is 0 Å². The average molecular weight is 1440 g/mol. The molecule has 8 aromatic heterocycles. The van der Waals surface area contributed by atoms with Gasteiger partial charge >= 0.3 is 7.12 Å². The Kier molecular flexibility index (Phi) is 16.9. The Morgan fingerprint density at radius 3 is 1.19 bits per heavy atom. The normalized spacial score (nSPS) is 13.2. The van der Waals surface area contributed by atoms with Gasteiger partial charge in [0.15, 0.2) is 5.82 Å². The average Bonchev–Trinajstić information content (AvgIpc) is 1.57. The Morgan fingerprint density at radius 2 is 0.709 bits per heavy atom. The first kappa shape index (κ1) is 67.2. The van der Waals surface area contributed by atoms with E-state index in [0.717, 1.165) is 117 Å². The number of aromatic nitrogens is 10. The molecular formula is C96H70BClN10O2. The van der Waals surface area contributed by atoms with Crippen molar-refractivity contribution in [2.75, 3.05) is 0 Å². The molecule has 20 aromatic rings. The summed E-state index contributed by atoms with van der Waals surface area (Å²) in [7, 11) is -0.396. The second-order valence-electron chi connectivity index (χ2n) is 28.7. The maximum atomic E-state index is 6.39. The van der Waals surface area contributed by atoms with Gasteiger partial charge in [-0.1, -0.05) is 182 Å². The van der Waals surface area contributed by atoms with Gasteiger partial charge < -0.3 is 27.6 Å². The van der Waals surface area contributed by atoms with E-state index in [9.17, 15) is 0 Å². The van der Waals surface area contributed by atoms with Crippen molar-refractivity contribution in [1.82, 2.24) is 48.2 Å². The van der Waals surface area contributed by atoms with E-state index < -0.39 is 7.12 Å². The lowest BCUT2D eigenvalue weighted by atomic mass is 9.78. The second kappa shape index (κ2) is 27.7.